The highest BCUT2D eigenvalue weighted by molar-refractivity contribution is 6.30. The molecular weight excluding hydrogens is 339 g/mol. The Morgan fingerprint density at radius 2 is 1.72 bits per heavy atom. The summed E-state index contributed by atoms with van der Waals surface area (Å²) < 4.78 is 13.7. The van der Waals surface area contributed by atoms with Gasteiger partial charge in [0.15, 0.2) is 0 Å². The maximum atomic E-state index is 13.7. The fourth-order valence-electron chi connectivity index (χ4n) is 3.03. The van der Waals surface area contributed by atoms with Crippen LogP contribution < -0.4 is 10.2 Å². The molecule has 0 unspecified atom stereocenters. The van der Waals surface area contributed by atoms with Gasteiger partial charge in [0.2, 0.25) is 0 Å². The van der Waals surface area contributed by atoms with Gasteiger partial charge in [-0.2, -0.15) is 0 Å². The normalized spacial score (nSPS) is 16.3. The van der Waals surface area contributed by atoms with E-state index in [-0.39, 0.29) is 11.7 Å². The average Bonchev–Trinajstić information content (AvgIpc) is 2.63. The van der Waals surface area contributed by atoms with Crippen molar-refractivity contribution in [2.24, 2.45) is 0 Å². The number of para-hydroxylation sites is 1. The lowest BCUT2D eigenvalue weighted by molar-refractivity contribution is 0.0975. The molecular formula is C20H14ClFN2O. The van der Waals surface area contributed by atoms with Gasteiger partial charge in [-0.05, 0) is 54.1 Å². The number of carbonyl (C=O) groups is 1. The zero-order valence-electron chi connectivity index (χ0n) is 13.1. The van der Waals surface area contributed by atoms with Gasteiger partial charge in [-0.3, -0.25) is 9.69 Å². The number of fused-ring (bicyclic) bond motifs is 1. The summed E-state index contributed by atoms with van der Waals surface area (Å²) >= 11 is 5.97. The number of benzene rings is 3. The van der Waals surface area contributed by atoms with Gasteiger partial charge < -0.3 is 5.32 Å². The smallest absolute Gasteiger partial charge is 0.262 e. The molecule has 1 aliphatic heterocycles. The lowest BCUT2D eigenvalue weighted by Crippen LogP contribution is -2.43. The van der Waals surface area contributed by atoms with Crippen LogP contribution in [0.1, 0.15) is 22.1 Å². The van der Waals surface area contributed by atoms with Crippen LogP contribution in [0.25, 0.3) is 0 Å². The standard InChI is InChI=1S/C20H14ClFN2O/c21-14-8-10-16(11-9-14)24-19(13-4-3-5-15(22)12-13)23-18-7-2-1-6-17(18)20(24)25/h1-12,19,23H/t19-/m0/s1. The highest BCUT2D eigenvalue weighted by Gasteiger charge is 2.34. The first kappa shape index (κ1) is 15.7. The van der Waals surface area contributed by atoms with Crippen molar-refractivity contribution in [3.63, 3.8) is 0 Å². The van der Waals surface area contributed by atoms with Crippen LogP contribution >= 0.6 is 11.6 Å². The minimum Gasteiger partial charge on any atom is -0.360 e. The van der Waals surface area contributed by atoms with Crippen molar-refractivity contribution in [1.29, 1.82) is 0 Å². The second kappa shape index (κ2) is 6.22. The van der Waals surface area contributed by atoms with E-state index < -0.39 is 6.17 Å². The summed E-state index contributed by atoms with van der Waals surface area (Å²) in [5.41, 5.74) is 2.65. The van der Waals surface area contributed by atoms with Gasteiger partial charge in [0.1, 0.15) is 12.0 Å². The molecule has 0 saturated heterocycles. The van der Waals surface area contributed by atoms with E-state index in [2.05, 4.69) is 5.32 Å². The zero-order valence-corrected chi connectivity index (χ0v) is 13.9. The lowest BCUT2D eigenvalue weighted by atomic mass is 10.0. The molecule has 1 N–H and O–H groups in total. The topological polar surface area (TPSA) is 32.3 Å². The summed E-state index contributed by atoms with van der Waals surface area (Å²) in [7, 11) is 0. The van der Waals surface area contributed by atoms with E-state index in [4.69, 9.17) is 11.6 Å². The predicted molar refractivity (Wildman–Crippen MR) is 97.5 cm³/mol. The molecule has 5 heteroatoms. The Morgan fingerprint density at radius 1 is 0.960 bits per heavy atom. The minimum atomic E-state index is -0.515. The molecule has 0 saturated carbocycles. The minimum absolute atomic E-state index is 0.147. The molecule has 1 heterocycles. The third-order valence-electron chi connectivity index (χ3n) is 4.20. The van der Waals surface area contributed by atoms with Crippen LogP contribution in [-0.2, 0) is 0 Å². The number of nitrogens with zero attached hydrogens (tertiary/aromatic N) is 1. The predicted octanol–water partition coefficient (Wildman–Crippen LogP) is 5.25. The molecule has 25 heavy (non-hydrogen) atoms. The molecule has 0 spiro atoms. The van der Waals surface area contributed by atoms with Gasteiger partial charge >= 0.3 is 0 Å². The second-order valence-electron chi connectivity index (χ2n) is 5.80. The van der Waals surface area contributed by atoms with E-state index in [1.54, 1.807) is 47.4 Å². The molecule has 3 nitrogen and oxygen atoms in total. The largest absolute Gasteiger partial charge is 0.360 e. The number of hydrogen-bond donors (Lipinski definition) is 1. The van der Waals surface area contributed by atoms with Crippen LogP contribution in [-0.4, -0.2) is 5.91 Å². The molecule has 1 amide bonds. The van der Waals surface area contributed by atoms with Crippen molar-refractivity contribution < 1.29 is 9.18 Å². The number of hydrogen-bond acceptors (Lipinski definition) is 2. The Labute approximate surface area is 149 Å². The van der Waals surface area contributed by atoms with Crippen LogP contribution in [0.3, 0.4) is 0 Å². The van der Waals surface area contributed by atoms with E-state index in [9.17, 15) is 9.18 Å². The monoisotopic (exact) mass is 352 g/mol. The number of rotatable bonds is 2. The van der Waals surface area contributed by atoms with Crippen molar-refractivity contribution in [3.05, 3.63) is 94.8 Å². The van der Waals surface area contributed by atoms with Gasteiger partial charge in [0.25, 0.3) is 5.91 Å². The summed E-state index contributed by atoms with van der Waals surface area (Å²) in [4.78, 5) is 14.7. The Hall–Kier alpha value is -2.85. The highest BCUT2D eigenvalue weighted by Crippen LogP contribution is 2.36. The Kier molecular flexibility index (Phi) is 3.90. The number of halogens is 2. The molecule has 0 aliphatic carbocycles. The van der Waals surface area contributed by atoms with E-state index in [1.807, 2.05) is 18.2 Å². The second-order valence-corrected chi connectivity index (χ2v) is 6.24. The van der Waals surface area contributed by atoms with Gasteiger partial charge in [-0.15, -0.1) is 0 Å². The molecule has 3 aromatic rings. The summed E-state index contributed by atoms with van der Waals surface area (Å²) in [6.07, 6.45) is -0.515. The van der Waals surface area contributed by atoms with Crippen molar-refractivity contribution in [3.8, 4) is 0 Å². The van der Waals surface area contributed by atoms with Gasteiger partial charge in [0.05, 0.1) is 5.56 Å². The quantitative estimate of drug-likeness (QED) is 0.683. The summed E-state index contributed by atoms with van der Waals surface area (Å²) in [6, 6.07) is 20.6. The third kappa shape index (κ3) is 2.85. The first-order chi connectivity index (χ1) is 12.1. The molecule has 1 atom stereocenters. The van der Waals surface area contributed by atoms with Crippen LogP contribution in [0, 0.1) is 5.82 Å². The Bertz CT molecular complexity index is 942. The van der Waals surface area contributed by atoms with E-state index >= 15 is 0 Å². The molecule has 3 aromatic carbocycles. The zero-order chi connectivity index (χ0) is 17.4. The first-order valence-electron chi connectivity index (χ1n) is 7.83. The maximum Gasteiger partial charge on any atom is 0.262 e. The number of carbonyl (C=O) groups excluding carboxylic acids is 1. The average molecular weight is 353 g/mol. The molecule has 4 rings (SSSR count). The van der Waals surface area contributed by atoms with E-state index in [1.165, 1.54) is 12.1 Å². The van der Waals surface area contributed by atoms with E-state index in [0.29, 0.717) is 21.8 Å². The molecule has 0 radical (unpaired) electrons. The van der Waals surface area contributed by atoms with Crippen molar-refractivity contribution in [2.75, 3.05) is 10.2 Å². The van der Waals surface area contributed by atoms with Crippen LogP contribution in [0.5, 0.6) is 0 Å². The highest BCUT2D eigenvalue weighted by atomic mass is 35.5. The van der Waals surface area contributed by atoms with Crippen molar-refractivity contribution in [1.82, 2.24) is 0 Å². The van der Waals surface area contributed by atoms with Crippen LogP contribution in [0.15, 0.2) is 72.8 Å². The maximum absolute atomic E-state index is 13.7. The fraction of sp³-hybridized carbons (Fsp3) is 0.0500. The molecule has 0 aromatic heterocycles. The van der Waals surface area contributed by atoms with Crippen LogP contribution in [0.2, 0.25) is 5.02 Å². The molecule has 1 aliphatic rings. The van der Waals surface area contributed by atoms with Gasteiger partial charge in [-0.1, -0.05) is 35.9 Å². The third-order valence-corrected chi connectivity index (χ3v) is 4.45. The van der Waals surface area contributed by atoms with Crippen molar-refractivity contribution in [2.45, 2.75) is 6.17 Å². The molecule has 124 valence electrons. The molecule has 0 bridgehead atoms. The number of amides is 1. The van der Waals surface area contributed by atoms with Gasteiger partial charge in [0, 0.05) is 16.4 Å². The SMILES string of the molecule is O=C1c2ccccc2N[C@H](c2cccc(F)c2)N1c1ccc(Cl)cc1. The molecule has 0 fully saturated rings. The number of nitrogens with one attached hydrogen (secondary N) is 1. The van der Waals surface area contributed by atoms with Crippen molar-refractivity contribution >= 4 is 28.9 Å². The van der Waals surface area contributed by atoms with Gasteiger partial charge in [-0.25, -0.2) is 4.39 Å². The Balaban J connectivity index is 1.87. The number of anilines is 2. The fourth-order valence-corrected chi connectivity index (χ4v) is 3.16. The Morgan fingerprint density at radius 3 is 2.48 bits per heavy atom. The summed E-state index contributed by atoms with van der Waals surface area (Å²) in [5.74, 6) is -0.493. The lowest BCUT2D eigenvalue weighted by Gasteiger charge is -2.38. The first-order valence-corrected chi connectivity index (χ1v) is 8.21. The van der Waals surface area contributed by atoms with E-state index in [0.717, 1.165) is 5.69 Å². The summed E-state index contributed by atoms with van der Waals surface area (Å²) in [5, 5.41) is 3.93. The summed E-state index contributed by atoms with van der Waals surface area (Å²) in [6.45, 7) is 0. The van der Waals surface area contributed by atoms with Crippen LogP contribution in [0.4, 0.5) is 15.8 Å².